The highest BCUT2D eigenvalue weighted by Crippen LogP contribution is 2.34. The SMILES string of the molecule is O=[C]Nc1cc(Cl)c(O)c(Cl)c1. The van der Waals surface area contributed by atoms with Crippen LogP contribution >= 0.6 is 23.2 Å². The number of halogens is 2. The molecule has 0 aliphatic heterocycles. The van der Waals surface area contributed by atoms with Crippen LogP contribution in [0.1, 0.15) is 0 Å². The molecule has 0 heterocycles. The molecule has 0 aliphatic rings. The van der Waals surface area contributed by atoms with Gasteiger partial charge in [0.2, 0.25) is 0 Å². The molecule has 0 fully saturated rings. The molecule has 1 aromatic rings. The quantitative estimate of drug-likeness (QED) is 0.574. The average Bonchev–Trinajstić information content (AvgIpc) is 2.01. The first-order chi connectivity index (χ1) is 5.65. The number of hydrogen-bond acceptors (Lipinski definition) is 2. The van der Waals surface area contributed by atoms with Crippen LogP contribution in [0.5, 0.6) is 5.75 Å². The van der Waals surface area contributed by atoms with Crippen molar-refractivity contribution in [3.63, 3.8) is 0 Å². The van der Waals surface area contributed by atoms with Crippen molar-refractivity contribution in [2.45, 2.75) is 0 Å². The second-order valence-corrected chi connectivity index (χ2v) is 2.83. The number of carbonyl (C=O) groups excluding carboxylic acids is 1. The monoisotopic (exact) mass is 204 g/mol. The molecule has 1 radical (unpaired) electrons. The molecule has 1 rings (SSSR count). The minimum atomic E-state index is -0.199. The number of benzene rings is 1. The van der Waals surface area contributed by atoms with E-state index in [-0.39, 0.29) is 15.8 Å². The lowest BCUT2D eigenvalue weighted by atomic mass is 10.3. The highest BCUT2D eigenvalue weighted by molar-refractivity contribution is 6.37. The lowest BCUT2D eigenvalue weighted by Gasteiger charge is -2.02. The van der Waals surface area contributed by atoms with Crippen molar-refractivity contribution in [3.8, 4) is 5.75 Å². The Morgan fingerprint density at radius 2 is 1.83 bits per heavy atom. The summed E-state index contributed by atoms with van der Waals surface area (Å²) in [5.41, 5.74) is 0.387. The van der Waals surface area contributed by atoms with E-state index in [1.807, 2.05) is 0 Å². The molecule has 0 bridgehead atoms. The zero-order valence-corrected chi connectivity index (χ0v) is 7.28. The molecule has 1 amide bonds. The Hall–Kier alpha value is -0.930. The third-order valence-corrected chi connectivity index (χ3v) is 1.79. The Morgan fingerprint density at radius 3 is 2.25 bits per heavy atom. The molecular weight excluding hydrogens is 201 g/mol. The summed E-state index contributed by atoms with van der Waals surface area (Å²) in [4.78, 5) is 9.90. The first-order valence-electron chi connectivity index (χ1n) is 2.96. The molecule has 12 heavy (non-hydrogen) atoms. The molecule has 0 aromatic heterocycles. The molecule has 0 aliphatic carbocycles. The number of phenolic OH excluding ortho intramolecular Hbond substituents is 1. The largest absolute Gasteiger partial charge is 0.505 e. The van der Waals surface area contributed by atoms with E-state index in [0.717, 1.165) is 0 Å². The van der Waals surface area contributed by atoms with Gasteiger partial charge in [-0.15, -0.1) is 0 Å². The van der Waals surface area contributed by atoms with Crippen LogP contribution in [0.4, 0.5) is 5.69 Å². The van der Waals surface area contributed by atoms with Crippen molar-refractivity contribution < 1.29 is 9.90 Å². The van der Waals surface area contributed by atoms with Crippen molar-refractivity contribution in [2.75, 3.05) is 5.32 Å². The third-order valence-electron chi connectivity index (χ3n) is 1.21. The Balaban J connectivity index is 3.11. The van der Waals surface area contributed by atoms with Crippen molar-refractivity contribution >= 4 is 35.3 Å². The average molecular weight is 205 g/mol. The molecule has 3 nitrogen and oxygen atoms in total. The number of nitrogens with one attached hydrogen (secondary N) is 1. The van der Waals surface area contributed by atoms with Crippen LogP contribution in [0, 0.1) is 0 Å². The first-order valence-corrected chi connectivity index (χ1v) is 3.72. The summed E-state index contributed by atoms with van der Waals surface area (Å²) in [6.45, 7) is 0. The number of aromatic hydroxyl groups is 1. The Morgan fingerprint density at radius 1 is 1.33 bits per heavy atom. The number of anilines is 1. The lowest BCUT2D eigenvalue weighted by Crippen LogP contribution is -1.92. The van der Waals surface area contributed by atoms with Gasteiger partial charge in [-0.1, -0.05) is 23.2 Å². The van der Waals surface area contributed by atoms with Gasteiger partial charge in [0.15, 0.2) is 5.75 Å². The van der Waals surface area contributed by atoms with Crippen LogP contribution in [-0.2, 0) is 4.79 Å². The Labute approximate surface area is 78.9 Å². The molecule has 0 spiro atoms. The zero-order valence-electron chi connectivity index (χ0n) is 5.77. The second-order valence-electron chi connectivity index (χ2n) is 2.02. The lowest BCUT2D eigenvalue weighted by molar-refractivity contribution is 0.476. The van der Waals surface area contributed by atoms with E-state index in [4.69, 9.17) is 28.3 Å². The fraction of sp³-hybridized carbons (Fsp3) is 0. The van der Waals surface area contributed by atoms with Gasteiger partial charge in [0, 0.05) is 5.69 Å². The molecule has 0 saturated heterocycles. The zero-order chi connectivity index (χ0) is 9.14. The maximum absolute atomic E-state index is 9.90. The predicted molar refractivity (Wildman–Crippen MR) is 47.4 cm³/mol. The van der Waals surface area contributed by atoms with Gasteiger partial charge in [-0.05, 0) is 12.1 Å². The fourth-order valence-electron chi connectivity index (χ4n) is 0.697. The number of rotatable bonds is 2. The summed E-state index contributed by atoms with van der Waals surface area (Å²) in [6, 6.07) is 2.74. The third kappa shape index (κ3) is 1.81. The molecular formula is C7H4Cl2NO2. The molecule has 1 aromatic carbocycles. The van der Waals surface area contributed by atoms with Crippen LogP contribution < -0.4 is 5.32 Å². The summed E-state index contributed by atoms with van der Waals surface area (Å²) in [5, 5.41) is 11.5. The van der Waals surface area contributed by atoms with Gasteiger partial charge < -0.3 is 10.4 Å². The smallest absolute Gasteiger partial charge is 0.314 e. The molecule has 0 atom stereocenters. The molecule has 0 saturated carbocycles. The molecule has 0 unspecified atom stereocenters. The summed E-state index contributed by atoms with van der Waals surface area (Å²) < 4.78 is 0. The van der Waals surface area contributed by atoms with Gasteiger partial charge in [-0.3, -0.25) is 4.79 Å². The van der Waals surface area contributed by atoms with Crippen LogP contribution in [0.15, 0.2) is 12.1 Å². The Kier molecular flexibility index (Phi) is 2.78. The Bertz CT molecular complexity index is 291. The van der Waals surface area contributed by atoms with Gasteiger partial charge in [0.1, 0.15) is 0 Å². The second kappa shape index (κ2) is 3.65. The number of amides is 1. The van der Waals surface area contributed by atoms with E-state index in [1.165, 1.54) is 18.5 Å². The van der Waals surface area contributed by atoms with Crippen LogP contribution in [0.2, 0.25) is 10.0 Å². The minimum Gasteiger partial charge on any atom is -0.505 e. The van der Waals surface area contributed by atoms with Gasteiger partial charge in [-0.25, -0.2) is 0 Å². The summed E-state index contributed by atoms with van der Waals surface area (Å²) in [5.74, 6) is -0.199. The van der Waals surface area contributed by atoms with Crippen molar-refractivity contribution in [1.29, 1.82) is 0 Å². The molecule has 63 valence electrons. The van der Waals surface area contributed by atoms with Gasteiger partial charge in [0.05, 0.1) is 10.0 Å². The van der Waals surface area contributed by atoms with E-state index >= 15 is 0 Å². The van der Waals surface area contributed by atoms with Gasteiger partial charge in [-0.2, -0.15) is 0 Å². The summed E-state index contributed by atoms with van der Waals surface area (Å²) >= 11 is 11.1. The maximum atomic E-state index is 9.90. The number of hydrogen-bond donors (Lipinski definition) is 2. The van der Waals surface area contributed by atoms with Crippen molar-refractivity contribution in [2.24, 2.45) is 0 Å². The highest BCUT2D eigenvalue weighted by atomic mass is 35.5. The predicted octanol–water partition coefficient (Wildman–Crippen LogP) is 2.18. The van der Waals surface area contributed by atoms with E-state index in [9.17, 15) is 4.79 Å². The summed E-state index contributed by atoms with van der Waals surface area (Å²) in [7, 11) is 0. The van der Waals surface area contributed by atoms with E-state index in [0.29, 0.717) is 5.69 Å². The van der Waals surface area contributed by atoms with Gasteiger partial charge in [0.25, 0.3) is 0 Å². The van der Waals surface area contributed by atoms with Gasteiger partial charge >= 0.3 is 6.41 Å². The maximum Gasteiger partial charge on any atom is 0.314 e. The minimum absolute atomic E-state index is 0.0836. The van der Waals surface area contributed by atoms with Crippen molar-refractivity contribution in [1.82, 2.24) is 0 Å². The highest BCUT2D eigenvalue weighted by Gasteiger charge is 2.05. The molecule has 2 N–H and O–H groups in total. The van der Waals surface area contributed by atoms with E-state index < -0.39 is 0 Å². The molecule has 5 heteroatoms. The van der Waals surface area contributed by atoms with E-state index in [1.54, 1.807) is 0 Å². The number of phenols is 1. The van der Waals surface area contributed by atoms with Crippen LogP contribution in [0.25, 0.3) is 0 Å². The summed E-state index contributed by atoms with van der Waals surface area (Å²) in [6.07, 6.45) is 1.46. The normalized spacial score (nSPS) is 9.50. The fourth-order valence-corrected chi connectivity index (χ4v) is 1.18. The standard InChI is InChI=1S/C7H4Cl2NO2/c8-5-1-4(10-3-11)2-6(9)7(5)12/h1-2,12H,(H,10,11). The van der Waals surface area contributed by atoms with Crippen LogP contribution in [0.3, 0.4) is 0 Å². The van der Waals surface area contributed by atoms with Crippen molar-refractivity contribution in [3.05, 3.63) is 22.2 Å². The first kappa shape index (κ1) is 9.16. The van der Waals surface area contributed by atoms with Crippen LogP contribution in [-0.4, -0.2) is 11.5 Å². The van der Waals surface area contributed by atoms with E-state index in [2.05, 4.69) is 5.32 Å². The topological polar surface area (TPSA) is 49.3 Å².